The van der Waals surface area contributed by atoms with Gasteiger partial charge in [-0.3, -0.25) is 0 Å². The molecular weight excluding hydrogens is 266 g/mol. The number of nitrogens with one attached hydrogen (secondary N) is 1. The minimum atomic E-state index is 0.647. The zero-order valence-electron chi connectivity index (χ0n) is 9.58. The molecule has 0 aliphatic heterocycles. The van der Waals surface area contributed by atoms with E-state index < -0.39 is 0 Å². The first-order valence-corrected chi connectivity index (χ1v) is 6.67. The molecule has 88 valence electrons. The molecule has 1 aromatic carbocycles. The highest BCUT2D eigenvalue weighted by Gasteiger charge is 2.27. The summed E-state index contributed by atoms with van der Waals surface area (Å²) in [7, 11) is 0. The van der Waals surface area contributed by atoms with Crippen molar-refractivity contribution in [2.24, 2.45) is 5.92 Å². The van der Waals surface area contributed by atoms with Crippen LogP contribution in [0.1, 0.15) is 19.8 Å². The fourth-order valence-corrected chi connectivity index (χ4v) is 2.01. The molecule has 1 aromatic rings. The van der Waals surface area contributed by atoms with Gasteiger partial charge in [-0.1, -0.05) is 15.9 Å². The molecule has 0 amide bonds. The molecule has 0 spiro atoms. The molecule has 2 rings (SSSR count). The molecule has 1 N–H and O–H groups in total. The molecule has 1 aliphatic carbocycles. The number of ether oxygens (including phenoxy) is 1. The first-order chi connectivity index (χ1) is 7.75. The fraction of sp³-hybridized carbons (Fsp3) is 0.538. The van der Waals surface area contributed by atoms with Crippen LogP contribution in [0.25, 0.3) is 0 Å². The van der Waals surface area contributed by atoms with Crippen LogP contribution < -0.4 is 10.1 Å². The van der Waals surface area contributed by atoms with Gasteiger partial charge in [-0.15, -0.1) is 0 Å². The van der Waals surface area contributed by atoms with Crippen LogP contribution in [-0.2, 0) is 0 Å². The first kappa shape index (κ1) is 11.9. The Labute approximate surface area is 106 Å². The molecule has 2 nitrogen and oxygen atoms in total. The lowest BCUT2D eigenvalue weighted by molar-refractivity contribution is 0.303. The Balaban J connectivity index is 1.62. The monoisotopic (exact) mass is 283 g/mol. The zero-order valence-corrected chi connectivity index (χ0v) is 11.2. The maximum atomic E-state index is 5.63. The van der Waals surface area contributed by atoms with Crippen LogP contribution in [0.4, 0.5) is 0 Å². The van der Waals surface area contributed by atoms with Crippen molar-refractivity contribution in [3.8, 4) is 5.75 Å². The molecule has 1 unspecified atom stereocenters. The first-order valence-electron chi connectivity index (χ1n) is 5.87. The van der Waals surface area contributed by atoms with Gasteiger partial charge >= 0.3 is 0 Å². The van der Waals surface area contributed by atoms with Crippen LogP contribution in [0.5, 0.6) is 5.75 Å². The molecule has 1 atom stereocenters. The van der Waals surface area contributed by atoms with Gasteiger partial charge in [-0.25, -0.2) is 0 Å². The van der Waals surface area contributed by atoms with Crippen molar-refractivity contribution >= 4 is 15.9 Å². The predicted octanol–water partition coefficient (Wildman–Crippen LogP) is 3.22. The molecular formula is C13H18BrNO. The Morgan fingerprint density at radius 1 is 1.38 bits per heavy atom. The number of hydrogen-bond acceptors (Lipinski definition) is 2. The molecule has 1 fully saturated rings. The number of rotatable bonds is 6. The van der Waals surface area contributed by atoms with Crippen LogP contribution in [0.3, 0.4) is 0 Å². The second-order valence-electron chi connectivity index (χ2n) is 4.38. The molecule has 1 saturated carbocycles. The van der Waals surface area contributed by atoms with E-state index in [9.17, 15) is 0 Å². The average molecular weight is 284 g/mol. The van der Waals surface area contributed by atoms with Crippen molar-refractivity contribution in [3.63, 3.8) is 0 Å². The molecule has 3 heteroatoms. The smallest absolute Gasteiger partial charge is 0.119 e. The minimum absolute atomic E-state index is 0.647. The standard InChI is InChI=1S/C13H18BrNO/c1-10(11-2-3-11)15-8-9-16-13-6-4-12(14)5-7-13/h4-7,10-11,15H,2-3,8-9H2,1H3. The maximum Gasteiger partial charge on any atom is 0.119 e. The third kappa shape index (κ3) is 3.80. The van der Waals surface area contributed by atoms with E-state index in [1.165, 1.54) is 12.8 Å². The van der Waals surface area contributed by atoms with Gasteiger partial charge in [0.05, 0.1) is 0 Å². The van der Waals surface area contributed by atoms with Gasteiger partial charge < -0.3 is 10.1 Å². The van der Waals surface area contributed by atoms with Gasteiger partial charge in [0, 0.05) is 17.1 Å². The minimum Gasteiger partial charge on any atom is -0.492 e. The summed E-state index contributed by atoms with van der Waals surface area (Å²) in [5.74, 6) is 1.84. The average Bonchev–Trinajstić information content (AvgIpc) is 3.10. The van der Waals surface area contributed by atoms with Gasteiger partial charge in [-0.05, 0) is 49.9 Å². The summed E-state index contributed by atoms with van der Waals surface area (Å²) in [4.78, 5) is 0. The zero-order chi connectivity index (χ0) is 11.4. The summed E-state index contributed by atoms with van der Waals surface area (Å²) in [6.07, 6.45) is 2.78. The Bertz CT molecular complexity index is 321. The van der Waals surface area contributed by atoms with Crippen LogP contribution in [0.15, 0.2) is 28.7 Å². The molecule has 0 heterocycles. The second kappa shape index (κ2) is 5.69. The lowest BCUT2D eigenvalue weighted by atomic mass is 10.2. The van der Waals surface area contributed by atoms with E-state index in [-0.39, 0.29) is 0 Å². The summed E-state index contributed by atoms with van der Waals surface area (Å²) in [5, 5.41) is 3.49. The summed E-state index contributed by atoms with van der Waals surface area (Å²) in [6.45, 7) is 3.92. The quantitative estimate of drug-likeness (QED) is 0.810. The lowest BCUT2D eigenvalue weighted by Gasteiger charge is -2.13. The van der Waals surface area contributed by atoms with Crippen molar-refractivity contribution < 1.29 is 4.74 Å². The molecule has 0 aromatic heterocycles. The number of halogens is 1. The van der Waals surface area contributed by atoms with E-state index in [0.29, 0.717) is 6.04 Å². The van der Waals surface area contributed by atoms with Crippen molar-refractivity contribution in [1.82, 2.24) is 5.32 Å². The Hall–Kier alpha value is -0.540. The van der Waals surface area contributed by atoms with E-state index in [1.807, 2.05) is 24.3 Å². The largest absolute Gasteiger partial charge is 0.492 e. The van der Waals surface area contributed by atoms with Crippen LogP contribution >= 0.6 is 15.9 Å². The Kier molecular flexibility index (Phi) is 4.24. The molecule has 16 heavy (non-hydrogen) atoms. The Morgan fingerprint density at radius 3 is 2.69 bits per heavy atom. The third-order valence-electron chi connectivity index (χ3n) is 2.98. The van der Waals surface area contributed by atoms with Gasteiger partial charge in [0.2, 0.25) is 0 Å². The molecule has 0 radical (unpaired) electrons. The van der Waals surface area contributed by atoms with Gasteiger partial charge in [0.15, 0.2) is 0 Å². The van der Waals surface area contributed by atoms with Gasteiger partial charge in [-0.2, -0.15) is 0 Å². The van der Waals surface area contributed by atoms with E-state index >= 15 is 0 Å². The van der Waals surface area contributed by atoms with Crippen molar-refractivity contribution in [2.45, 2.75) is 25.8 Å². The fourth-order valence-electron chi connectivity index (χ4n) is 1.75. The molecule has 0 saturated heterocycles. The summed E-state index contributed by atoms with van der Waals surface area (Å²) >= 11 is 3.40. The van der Waals surface area contributed by atoms with Crippen molar-refractivity contribution in [2.75, 3.05) is 13.2 Å². The SMILES string of the molecule is CC(NCCOc1ccc(Br)cc1)C1CC1. The Morgan fingerprint density at radius 2 is 2.06 bits per heavy atom. The topological polar surface area (TPSA) is 21.3 Å². The van der Waals surface area contributed by atoms with Crippen LogP contribution in [0, 0.1) is 5.92 Å². The summed E-state index contributed by atoms with van der Waals surface area (Å²) in [5.41, 5.74) is 0. The van der Waals surface area contributed by atoms with Crippen LogP contribution in [0.2, 0.25) is 0 Å². The van der Waals surface area contributed by atoms with E-state index in [4.69, 9.17) is 4.74 Å². The molecule has 0 bridgehead atoms. The normalized spacial score (nSPS) is 17.1. The van der Waals surface area contributed by atoms with Crippen molar-refractivity contribution in [3.05, 3.63) is 28.7 Å². The van der Waals surface area contributed by atoms with Gasteiger partial charge in [0.1, 0.15) is 12.4 Å². The van der Waals surface area contributed by atoms with Gasteiger partial charge in [0.25, 0.3) is 0 Å². The highest BCUT2D eigenvalue weighted by molar-refractivity contribution is 9.10. The molecule has 1 aliphatic rings. The lowest BCUT2D eigenvalue weighted by Crippen LogP contribution is -2.31. The van der Waals surface area contributed by atoms with Crippen LogP contribution in [-0.4, -0.2) is 19.2 Å². The summed E-state index contributed by atoms with van der Waals surface area (Å²) < 4.78 is 6.71. The third-order valence-corrected chi connectivity index (χ3v) is 3.51. The number of benzene rings is 1. The number of hydrogen-bond donors (Lipinski definition) is 1. The maximum absolute atomic E-state index is 5.63. The van der Waals surface area contributed by atoms with E-state index in [1.54, 1.807) is 0 Å². The highest BCUT2D eigenvalue weighted by Crippen LogP contribution is 2.32. The van der Waals surface area contributed by atoms with Crippen molar-refractivity contribution in [1.29, 1.82) is 0 Å². The summed E-state index contributed by atoms with van der Waals surface area (Å²) in [6, 6.07) is 8.60. The van der Waals surface area contributed by atoms with E-state index in [0.717, 1.165) is 29.3 Å². The second-order valence-corrected chi connectivity index (χ2v) is 5.30. The predicted molar refractivity (Wildman–Crippen MR) is 69.8 cm³/mol. The highest BCUT2D eigenvalue weighted by atomic mass is 79.9. The van der Waals surface area contributed by atoms with E-state index in [2.05, 4.69) is 28.2 Å².